The number of nitrogens with one attached hydrogen (secondary N) is 1. The molecule has 1 amide bonds. The van der Waals surface area contributed by atoms with E-state index in [0.717, 1.165) is 41.7 Å². The lowest BCUT2D eigenvalue weighted by Crippen LogP contribution is -2.39. The topological polar surface area (TPSA) is 54.7 Å². The fraction of sp³-hybridized carbons (Fsp3) is 0.286. The standard InChI is InChI=1S/C21H22N2O3S/c1-15-14-17(21(27-15)22-20(24)18-8-5-11-26-18)19(16-6-3-2-4-7-16)23-9-12-25-13-10-23/h2-8,11,14,19H,9-10,12-13H2,1H3,(H,22,24)/t19-/m1/s1. The van der Waals surface area contributed by atoms with Crippen LogP contribution in [-0.2, 0) is 4.74 Å². The van der Waals surface area contributed by atoms with Gasteiger partial charge in [0, 0.05) is 23.5 Å². The summed E-state index contributed by atoms with van der Waals surface area (Å²) in [7, 11) is 0. The molecule has 1 aromatic carbocycles. The lowest BCUT2D eigenvalue weighted by Gasteiger charge is -2.35. The Balaban J connectivity index is 1.70. The predicted octanol–water partition coefficient (Wildman–Crippen LogP) is 4.32. The zero-order chi connectivity index (χ0) is 18.6. The van der Waals surface area contributed by atoms with E-state index >= 15 is 0 Å². The van der Waals surface area contributed by atoms with Crippen molar-refractivity contribution in [3.63, 3.8) is 0 Å². The highest BCUT2D eigenvalue weighted by Gasteiger charge is 2.28. The SMILES string of the molecule is Cc1cc([C@@H](c2ccccc2)N2CCOCC2)c(NC(=O)c2ccco2)s1. The number of thiophene rings is 1. The molecular formula is C21H22N2O3S. The fourth-order valence-corrected chi connectivity index (χ4v) is 4.41. The molecule has 0 saturated carbocycles. The lowest BCUT2D eigenvalue weighted by atomic mass is 9.98. The van der Waals surface area contributed by atoms with Crippen molar-refractivity contribution < 1.29 is 13.9 Å². The first-order chi connectivity index (χ1) is 13.2. The third kappa shape index (κ3) is 3.98. The summed E-state index contributed by atoms with van der Waals surface area (Å²) < 4.78 is 10.8. The zero-order valence-electron chi connectivity index (χ0n) is 15.2. The maximum atomic E-state index is 12.5. The highest BCUT2D eigenvalue weighted by Crippen LogP contribution is 2.39. The van der Waals surface area contributed by atoms with E-state index in [1.165, 1.54) is 11.8 Å². The number of nitrogens with zero attached hydrogens (tertiary/aromatic N) is 1. The Labute approximate surface area is 162 Å². The normalized spacial score (nSPS) is 16.2. The minimum Gasteiger partial charge on any atom is -0.459 e. The number of hydrogen-bond donors (Lipinski definition) is 1. The Bertz CT molecular complexity index is 884. The lowest BCUT2D eigenvalue weighted by molar-refractivity contribution is 0.0241. The van der Waals surface area contributed by atoms with Crippen LogP contribution in [-0.4, -0.2) is 37.1 Å². The van der Waals surface area contributed by atoms with Crippen LogP contribution in [0.3, 0.4) is 0 Å². The first kappa shape index (κ1) is 18.0. The summed E-state index contributed by atoms with van der Waals surface area (Å²) in [6.45, 7) is 5.24. The number of amides is 1. The molecule has 0 radical (unpaired) electrons. The van der Waals surface area contributed by atoms with Gasteiger partial charge < -0.3 is 14.5 Å². The quantitative estimate of drug-likeness (QED) is 0.714. The van der Waals surface area contributed by atoms with E-state index in [-0.39, 0.29) is 11.9 Å². The number of carbonyl (C=O) groups excluding carboxylic acids is 1. The van der Waals surface area contributed by atoms with Crippen LogP contribution in [0, 0.1) is 6.92 Å². The molecule has 2 aromatic heterocycles. The Kier molecular flexibility index (Phi) is 5.38. The Hall–Kier alpha value is -2.41. The maximum absolute atomic E-state index is 12.5. The molecule has 1 fully saturated rings. The van der Waals surface area contributed by atoms with Crippen molar-refractivity contribution in [2.45, 2.75) is 13.0 Å². The van der Waals surface area contributed by atoms with Crippen LogP contribution in [0.5, 0.6) is 0 Å². The van der Waals surface area contributed by atoms with E-state index in [1.807, 2.05) is 6.07 Å². The van der Waals surface area contributed by atoms with Crippen LogP contribution in [0.4, 0.5) is 5.00 Å². The van der Waals surface area contributed by atoms with Gasteiger partial charge in [-0.25, -0.2) is 0 Å². The van der Waals surface area contributed by atoms with Crippen LogP contribution < -0.4 is 5.32 Å². The zero-order valence-corrected chi connectivity index (χ0v) is 16.0. The molecule has 0 aliphatic carbocycles. The van der Waals surface area contributed by atoms with Gasteiger partial charge in [0.25, 0.3) is 5.91 Å². The molecule has 27 heavy (non-hydrogen) atoms. The Morgan fingerprint density at radius 3 is 2.63 bits per heavy atom. The number of furan rings is 1. The van der Waals surface area contributed by atoms with Gasteiger partial charge >= 0.3 is 0 Å². The van der Waals surface area contributed by atoms with Crippen LogP contribution in [0.15, 0.2) is 59.2 Å². The van der Waals surface area contributed by atoms with Crippen molar-refractivity contribution in [2.75, 3.05) is 31.6 Å². The van der Waals surface area contributed by atoms with E-state index in [1.54, 1.807) is 23.5 Å². The van der Waals surface area contributed by atoms with Gasteiger partial charge in [-0.2, -0.15) is 0 Å². The molecular weight excluding hydrogens is 360 g/mol. The first-order valence-electron chi connectivity index (χ1n) is 9.04. The van der Waals surface area contributed by atoms with Crippen molar-refractivity contribution in [1.82, 2.24) is 4.90 Å². The van der Waals surface area contributed by atoms with E-state index in [0.29, 0.717) is 5.76 Å². The van der Waals surface area contributed by atoms with E-state index in [2.05, 4.69) is 47.5 Å². The molecule has 0 spiro atoms. The molecule has 1 N–H and O–H groups in total. The Morgan fingerprint density at radius 2 is 1.93 bits per heavy atom. The van der Waals surface area contributed by atoms with Crippen LogP contribution in [0.2, 0.25) is 0 Å². The summed E-state index contributed by atoms with van der Waals surface area (Å²) in [6, 6.07) is 16.1. The second kappa shape index (κ2) is 8.08. The molecule has 6 heteroatoms. The third-order valence-electron chi connectivity index (χ3n) is 4.68. The summed E-state index contributed by atoms with van der Waals surface area (Å²) in [6.07, 6.45) is 1.51. The highest BCUT2D eigenvalue weighted by molar-refractivity contribution is 7.16. The van der Waals surface area contributed by atoms with E-state index in [4.69, 9.17) is 9.15 Å². The molecule has 5 nitrogen and oxygen atoms in total. The minimum absolute atomic E-state index is 0.0759. The van der Waals surface area contributed by atoms with Crippen LogP contribution in [0.25, 0.3) is 0 Å². The van der Waals surface area contributed by atoms with Crippen molar-refractivity contribution in [3.05, 3.63) is 76.6 Å². The van der Waals surface area contributed by atoms with Crippen LogP contribution in [0.1, 0.15) is 32.6 Å². The summed E-state index contributed by atoms with van der Waals surface area (Å²) in [5.74, 6) is 0.0894. The fourth-order valence-electron chi connectivity index (χ4n) is 3.47. The number of anilines is 1. The predicted molar refractivity (Wildman–Crippen MR) is 106 cm³/mol. The van der Waals surface area contributed by atoms with Crippen molar-refractivity contribution in [3.8, 4) is 0 Å². The number of carbonyl (C=O) groups is 1. The summed E-state index contributed by atoms with van der Waals surface area (Å²) in [5.41, 5.74) is 2.33. The van der Waals surface area contributed by atoms with Gasteiger partial charge in [-0.1, -0.05) is 30.3 Å². The number of benzene rings is 1. The molecule has 0 bridgehead atoms. The average Bonchev–Trinajstić information content (AvgIpc) is 3.34. The molecule has 0 unspecified atom stereocenters. The van der Waals surface area contributed by atoms with Gasteiger partial charge in [-0.05, 0) is 30.7 Å². The summed E-state index contributed by atoms with van der Waals surface area (Å²) in [4.78, 5) is 16.1. The molecule has 3 aromatic rings. The highest BCUT2D eigenvalue weighted by atomic mass is 32.1. The van der Waals surface area contributed by atoms with Crippen molar-refractivity contribution in [1.29, 1.82) is 0 Å². The number of ether oxygens (including phenoxy) is 1. The van der Waals surface area contributed by atoms with Gasteiger partial charge in [0.2, 0.25) is 0 Å². The van der Waals surface area contributed by atoms with Gasteiger partial charge in [0.1, 0.15) is 5.00 Å². The summed E-state index contributed by atoms with van der Waals surface area (Å²) >= 11 is 1.60. The second-order valence-electron chi connectivity index (χ2n) is 6.53. The van der Waals surface area contributed by atoms with Gasteiger partial charge in [0.15, 0.2) is 5.76 Å². The first-order valence-corrected chi connectivity index (χ1v) is 9.86. The van der Waals surface area contributed by atoms with Crippen LogP contribution >= 0.6 is 11.3 Å². The van der Waals surface area contributed by atoms with Crippen molar-refractivity contribution in [2.24, 2.45) is 0 Å². The molecule has 1 saturated heterocycles. The smallest absolute Gasteiger partial charge is 0.291 e. The molecule has 140 valence electrons. The van der Waals surface area contributed by atoms with E-state index in [9.17, 15) is 4.79 Å². The number of aryl methyl sites for hydroxylation is 1. The van der Waals surface area contributed by atoms with Gasteiger partial charge in [-0.15, -0.1) is 11.3 Å². The molecule has 1 atom stereocenters. The number of hydrogen-bond acceptors (Lipinski definition) is 5. The average molecular weight is 382 g/mol. The molecule has 3 heterocycles. The second-order valence-corrected chi connectivity index (χ2v) is 7.79. The van der Waals surface area contributed by atoms with E-state index < -0.39 is 0 Å². The van der Waals surface area contributed by atoms with Crippen molar-refractivity contribution >= 4 is 22.2 Å². The maximum Gasteiger partial charge on any atom is 0.291 e. The largest absolute Gasteiger partial charge is 0.459 e. The monoisotopic (exact) mass is 382 g/mol. The molecule has 1 aliphatic heterocycles. The number of morpholine rings is 1. The molecule has 1 aliphatic rings. The Morgan fingerprint density at radius 1 is 1.15 bits per heavy atom. The van der Waals surface area contributed by atoms with Gasteiger partial charge in [0.05, 0.1) is 25.5 Å². The third-order valence-corrected chi connectivity index (χ3v) is 5.66. The van der Waals surface area contributed by atoms with Gasteiger partial charge in [-0.3, -0.25) is 9.69 Å². The molecule has 4 rings (SSSR count). The summed E-state index contributed by atoms with van der Waals surface area (Å²) in [5, 5.41) is 3.92. The number of rotatable bonds is 5. The minimum atomic E-state index is -0.225.